The lowest BCUT2D eigenvalue weighted by molar-refractivity contribution is 0.0966. The lowest BCUT2D eigenvalue weighted by atomic mass is 10.1. The smallest absolute Gasteiger partial charge is 0.199 e. The van der Waals surface area contributed by atoms with Crippen molar-refractivity contribution in [1.82, 2.24) is 0 Å². The zero-order chi connectivity index (χ0) is 21.6. The summed E-state index contributed by atoms with van der Waals surface area (Å²) < 4.78 is 52.1. The van der Waals surface area contributed by atoms with Crippen LogP contribution in [0.1, 0.15) is 16.8 Å². The van der Waals surface area contributed by atoms with E-state index in [4.69, 9.17) is 11.6 Å². The normalized spacial score (nSPS) is 18.0. The third-order valence-electron chi connectivity index (χ3n) is 5.32. The molecular weight excluding hydrogens is 444 g/mol. The van der Waals surface area contributed by atoms with Gasteiger partial charge in [0.2, 0.25) is 0 Å². The van der Waals surface area contributed by atoms with Gasteiger partial charge in [-0.2, -0.15) is 0 Å². The van der Waals surface area contributed by atoms with Crippen LogP contribution >= 0.6 is 11.6 Å². The lowest BCUT2D eigenvalue weighted by Crippen LogP contribution is -2.37. The van der Waals surface area contributed by atoms with Crippen molar-refractivity contribution in [2.45, 2.75) is 20.3 Å². The predicted molar refractivity (Wildman–Crippen MR) is 114 cm³/mol. The molecule has 0 N–H and O–H groups in total. The molecule has 1 aliphatic carbocycles. The maximum atomic E-state index is 13.6. The fourth-order valence-corrected chi connectivity index (χ4v) is 9.09. The highest BCUT2D eigenvalue weighted by Crippen LogP contribution is 2.59. The molecule has 0 spiro atoms. The molecule has 154 valence electrons. The molecule has 0 radical (unpaired) electrons. The van der Waals surface area contributed by atoms with Crippen LogP contribution in [0, 0.1) is 5.92 Å². The number of carbonyl (C=O) groups excluding carboxylic acids is 1. The van der Waals surface area contributed by atoms with Crippen molar-refractivity contribution >= 4 is 37.1 Å². The molecule has 0 saturated heterocycles. The van der Waals surface area contributed by atoms with E-state index in [1.807, 2.05) is 0 Å². The summed E-state index contributed by atoms with van der Waals surface area (Å²) >= 11 is 5.87. The van der Waals surface area contributed by atoms with Crippen LogP contribution in [0.3, 0.4) is 0 Å². The molecule has 0 bridgehead atoms. The fraction of sp³-hybridized carbons (Fsp3) is 0.136. The first kappa shape index (κ1) is 20.8. The van der Waals surface area contributed by atoms with Gasteiger partial charge in [0.1, 0.15) is 0 Å². The van der Waals surface area contributed by atoms with Crippen LogP contribution in [-0.2, 0) is 19.7 Å². The molecule has 1 atom stereocenters. The number of carbonyl (C=O) groups is 1. The molecular formula is C22H17ClO5S2. The summed E-state index contributed by atoms with van der Waals surface area (Å²) in [5.74, 6) is -1.75. The van der Waals surface area contributed by atoms with E-state index in [0.717, 1.165) is 0 Å². The molecule has 1 saturated carbocycles. The summed E-state index contributed by atoms with van der Waals surface area (Å²) in [6.07, 6.45) is -0.303. The van der Waals surface area contributed by atoms with Gasteiger partial charge in [0.05, 0.1) is 15.7 Å². The van der Waals surface area contributed by atoms with Crippen LogP contribution in [-0.4, -0.2) is 26.7 Å². The van der Waals surface area contributed by atoms with Gasteiger partial charge in [0.15, 0.2) is 29.5 Å². The van der Waals surface area contributed by atoms with Crippen molar-refractivity contribution in [3.8, 4) is 0 Å². The van der Waals surface area contributed by atoms with E-state index in [0.29, 0.717) is 5.02 Å². The third kappa shape index (κ3) is 3.09. The van der Waals surface area contributed by atoms with Crippen LogP contribution in [0.25, 0.3) is 0 Å². The van der Waals surface area contributed by atoms with E-state index >= 15 is 0 Å². The number of rotatable bonds is 6. The summed E-state index contributed by atoms with van der Waals surface area (Å²) in [6.45, 7) is 0. The maximum Gasteiger partial charge on any atom is 0.199 e. The molecule has 0 heterocycles. The molecule has 0 amide bonds. The van der Waals surface area contributed by atoms with Gasteiger partial charge in [-0.15, -0.1) is 0 Å². The highest BCUT2D eigenvalue weighted by atomic mass is 35.5. The number of benzene rings is 3. The quantitative estimate of drug-likeness (QED) is 0.515. The average Bonchev–Trinajstić information content (AvgIpc) is 3.53. The summed E-state index contributed by atoms with van der Waals surface area (Å²) in [5.41, 5.74) is 0.220. The van der Waals surface area contributed by atoms with Crippen LogP contribution in [0.4, 0.5) is 0 Å². The van der Waals surface area contributed by atoms with Gasteiger partial charge in [0.25, 0.3) is 0 Å². The Bertz CT molecular complexity index is 1230. The predicted octanol–water partition coefficient (Wildman–Crippen LogP) is 4.19. The van der Waals surface area contributed by atoms with Crippen molar-refractivity contribution in [3.63, 3.8) is 0 Å². The lowest BCUT2D eigenvalue weighted by Gasteiger charge is -2.19. The van der Waals surface area contributed by atoms with E-state index in [2.05, 4.69) is 0 Å². The Labute approximate surface area is 180 Å². The summed E-state index contributed by atoms with van der Waals surface area (Å²) in [6, 6.07) is 20.7. The standard InChI is InChI=1S/C22H17ClO5S2/c23-17-13-11-16(12-14-17)21(24)20-15-22(20,29(25,26)18-7-3-1-4-8-18)30(27,28)19-9-5-2-6-10-19/h1-14,20H,15H2. The van der Waals surface area contributed by atoms with E-state index in [9.17, 15) is 21.6 Å². The fourth-order valence-electron chi connectivity index (χ4n) is 3.67. The SMILES string of the molecule is O=C(c1ccc(Cl)cc1)C1CC1(S(=O)(=O)c1ccccc1)S(=O)(=O)c1ccccc1. The Hall–Kier alpha value is -2.48. The van der Waals surface area contributed by atoms with E-state index in [1.54, 1.807) is 12.1 Å². The minimum atomic E-state index is -4.38. The van der Waals surface area contributed by atoms with Crippen molar-refractivity contribution in [2.75, 3.05) is 0 Å². The van der Waals surface area contributed by atoms with E-state index in [1.165, 1.54) is 72.8 Å². The monoisotopic (exact) mass is 460 g/mol. The third-order valence-corrected chi connectivity index (χ3v) is 11.4. The van der Waals surface area contributed by atoms with E-state index < -0.39 is 35.5 Å². The van der Waals surface area contributed by atoms with Crippen LogP contribution in [0.2, 0.25) is 5.02 Å². The number of halogens is 1. The van der Waals surface area contributed by atoms with Crippen molar-refractivity contribution in [3.05, 3.63) is 95.5 Å². The minimum Gasteiger partial charge on any atom is -0.294 e. The number of sulfone groups is 2. The molecule has 1 unspecified atom stereocenters. The van der Waals surface area contributed by atoms with Gasteiger partial charge in [-0.25, -0.2) is 16.8 Å². The largest absolute Gasteiger partial charge is 0.294 e. The molecule has 3 aromatic carbocycles. The number of Topliss-reactive ketones (excluding diaryl/α,β-unsaturated/α-hetero) is 1. The average molecular weight is 461 g/mol. The first-order valence-electron chi connectivity index (χ1n) is 9.11. The van der Waals surface area contributed by atoms with Gasteiger partial charge in [-0.05, 0) is 55.0 Å². The second-order valence-corrected chi connectivity index (χ2v) is 12.2. The molecule has 30 heavy (non-hydrogen) atoms. The first-order chi connectivity index (χ1) is 14.2. The van der Waals surface area contributed by atoms with Gasteiger partial charge < -0.3 is 0 Å². The Kier molecular flexibility index (Phi) is 5.08. The topological polar surface area (TPSA) is 85.3 Å². The maximum absolute atomic E-state index is 13.6. The zero-order valence-electron chi connectivity index (χ0n) is 15.6. The molecule has 0 aliphatic heterocycles. The van der Waals surface area contributed by atoms with Gasteiger partial charge in [-0.3, -0.25) is 4.79 Å². The van der Waals surface area contributed by atoms with E-state index in [-0.39, 0.29) is 21.8 Å². The Morgan fingerprint density at radius 3 is 1.60 bits per heavy atom. The molecule has 5 nitrogen and oxygen atoms in total. The first-order valence-corrected chi connectivity index (χ1v) is 12.5. The minimum absolute atomic E-state index is 0.129. The number of ketones is 1. The van der Waals surface area contributed by atoms with Gasteiger partial charge in [0, 0.05) is 10.6 Å². The number of hydrogen-bond donors (Lipinski definition) is 0. The summed E-state index contributed by atoms with van der Waals surface area (Å²) in [4.78, 5) is 12.9. The number of hydrogen-bond acceptors (Lipinski definition) is 5. The summed E-state index contributed by atoms with van der Waals surface area (Å²) in [5, 5.41) is 0.419. The Balaban J connectivity index is 1.88. The zero-order valence-corrected chi connectivity index (χ0v) is 18.0. The molecule has 0 aromatic heterocycles. The highest BCUT2D eigenvalue weighted by molar-refractivity contribution is 8.11. The van der Waals surface area contributed by atoms with Crippen molar-refractivity contribution in [2.24, 2.45) is 5.92 Å². The van der Waals surface area contributed by atoms with Gasteiger partial charge >= 0.3 is 0 Å². The molecule has 4 rings (SSSR count). The second-order valence-electron chi connectivity index (χ2n) is 7.07. The highest BCUT2D eigenvalue weighted by Gasteiger charge is 2.75. The van der Waals surface area contributed by atoms with Crippen LogP contribution < -0.4 is 0 Å². The van der Waals surface area contributed by atoms with Crippen LogP contribution in [0.5, 0.6) is 0 Å². The Morgan fingerprint density at radius 2 is 1.17 bits per heavy atom. The summed E-state index contributed by atoms with van der Waals surface area (Å²) in [7, 11) is -8.76. The molecule has 8 heteroatoms. The second kappa shape index (κ2) is 7.34. The van der Waals surface area contributed by atoms with Crippen molar-refractivity contribution in [1.29, 1.82) is 0 Å². The molecule has 3 aromatic rings. The van der Waals surface area contributed by atoms with Gasteiger partial charge in [-0.1, -0.05) is 48.0 Å². The Morgan fingerprint density at radius 1 is 0.733 bits per heavy atom. The van der Waals surface area contributed by atoms with Crippen LogP contribution in [0.15, 0.2) is 94.7 Å². The molecule has 1 aliphatic rings. The molecule has 1 fully saturated rings. The van der Waals surface area contributed by atoms with Crippen molar-refractivity contribution < 1.29 is 21.6 Å².